The fraction of sp³-hybridized carbons (Fsp3) is 0.400. The first-order valence-electron chi connectivity index (χ1n) is 7.65. The number of nitrogens with two attached hydrogens (primary N) is 1. The molecule has 1 rings (SSSR count). The molecule has 4 N–H and O–H groups in total. The first-order valence-corrected chi connectivity index (χ1v) is 8.96. The highest BCUT2D eigenvalue weighted by molar-refractivity contribution is 7.81. The molecule has 0 heterocycles. The maximum Gasteiger partial charge on any atom is 0.488 e. The Morgan fingerprint density at radius 2 is 1.81 bits per heavy atom. The number of rotatable bonds is 9. The van der Waals surface area contributed by atoms with E-state index in [9.17, 15) is 26.7 Å². The standard InChI is InChI=1S/C15H20FN3O6S/c1-3-9(2)14(21)19-12(13(17)20)8-18-15(22)10-4-6-11(7-5-10)25-26(16,23)24/h4-7,9,12H,3,8H2,1-2H3,(H2,17,20)(H,18,22)(H,19,21). The van der Waals surface area contributed by atoms with Crippen molar-refractivity contribution in [3.63, 3.8) is 0 Å². The fourth-order valence-corrected chi connectivity index (χ4v) is 2.14. The Hall–Kier alpha value is -2.69. The van der Waals surface area contributed by atoms with E-state index >= 15 is 0 Å². The number of carbonyl (C=O) groups excluding carboxylic acids is 3. The van der Waals surface area contributed by atoms with Gasteiger partial charge in [0.25, 0.3) is 5.91 Å². The number of amides is 3. The van der Waals surface area contributed by atoms with Crippen LogP contribution in [0.15, 0.2) is 24.3 Å². The summed E-state index contributed by atoms with van der Waals surface area (Å²) in [5.41, 5.74) is 5.32. The van der Waals surface area contributed by atoms with Crippen molar-refractivity contribution in [2.24, 2.45) is 11.7 Å². The SMILES string of the molecule is CCC(C)C(=O)NC(CNC(=O)c1ccc(OS(=O)(=O)F)cc1)C(N)=O. The van der Waals surface area contributed by atoms with Crippen molar-refractivity contribution in [1.29, 1.82) is 0 Å². The number of hydrogen-bond acceptors (Lipinski definition) is 6. The van der Waals surface area contributed by atoms with Crippen LogP contribution >= 0.6 is 0 Å². The molecule has 0 fully saturated rings. The normalized spacial score (nSPS) is 13.3. The van der Waals surface area contributed by atoms with Gasteiger partial charge in [-0.05, 0) is 30.7 Å². The molecule has 0 spiro atoms. The molecule has 0 aliphatic heterocycles. The van der Waals surface area contributed by atoms with Crippen LogP contribution in [0, 0.1) is 5.92 Å². The number of carbonyl (C=O) groups is 3. The van der Waals surface area contributed by atoms with Gasteiger partial charge in [-0.25, -0.2) is 0 Å². The summed E-state index contributed by atoms with van der Waals surface area (Å²) in [6.45, 7) is 3.27. The third-order valence-electron chi connectivity index (χ3n) is 3.50. The zero-order chi connectivity index (χ0) is 19.9. The molecular weight excluding hydrogens is 369 g/mol. The van der Waals surface area contributed by atoms with Gasteiger partial charge in [0.2, 0.25) is 11.8 Å². The van der Waals surface area contributed by atoms with Gasteiger partial charge in [0, 0.05) is 18.0 Å². The van der Waals surface area contributed by atoms with Crippen LogP contribution in [0.25, 0.3) is 0 Å². The average Bonchev–Trinajstić information content (AvgIpc) is 2.56. The average molecular weight is 389 g/mol. The highest BCUT2D eigenvalue weighted by Gasteiger charge is 2.21. The van der Waals surface area contributed by atoms with E-state index in [-0.39, 0.29) is 29.7 Å². The van der Waals surface area contributed by atoms with E-state index in [1.807, 2.05) is 6.92 Å². The van der Waals surface area contributed by atoms with Crippen molar-refractivity contribution in [2.45, 2.75) is 26.3 Å². The molecule has 1 aromatic carbocycles. The predicted molar refractivity (Wildman–Crippen MR) is 90.0 cm³/mol. The molecule has 0 aliphatic rings. The van der Waals surface area contributed by atoms with Gasteiger partial charge in [-0.1, -0.05) is 17.7 Å². The van der Waals surface area contributed by atoms with Gasteiger partial charge >= 0.3 is 10.5 Å². The lowest BCUT2D eigenvalue weighted by Gasteiger charge is -2.18. The quantitative estimate of drug-likeness (QED) is 0.508. The lowest BCUT2D eigenvalue weighted by Crippen LogP contribution is -2.52. The van der Waals surface area contributed by atoms with Crippen LogP contribution in [0.1, 0.15) is 30.6 Å². The summed E-state index contributed by atoms with van der Waals surface area (Å²) in [4.78, 5) is 35.3. The Morgan fingerprint density at radius 1 is 1.23 bits per heavy atom. The van der Waals surface area contributed by atoms with E-state index in [2.05, 4.69) is 14.8 Å². The summed E-state index contributed by atoms with van der Waals surface area (Å²) in [7, 11) is -5.15. The van der Waals surface area contributed by atoms with Gasteiger partial charge < -0.3 is 20.6 Å². The van der Waals surface area contributed by atoms with Crippen molar-refractivity contribution in [3.8, 4) is 5.75 Å². The lowest BCUT2D eigenvalue weighted by molar-refractivity contribution is -0.129. The summed E-state index contributed by atoms with van der Waals surface area (Å²) < 4.78 is 37.2. The Labute approximate surface area is 150 Å². The molecular formula is C15H20FN3O6S. The molecule has 0 radical (unpaired) electrons. The Kier molecular flexibility index (Phi) is 7.50. The molecule has 0 saturated carbocycles. The number of benzene rings is 1. The Bertz CT molecular complexity index is 766. The maximum absolute atomic E-state index is 12.4. The molecule has 11 heteroatoms. The second-order valence-electron chi connectivity index (χ2n) is 5.48. The van der Waals surface area contributed by atoms with E-state index in [4.69, 9.17) is 5.73 Å². The van der Waals surface area contributed by atoms with Gasteiger partial charge in [-0.15, -0.1) is 0 Å². The minimum atomic E-state index is -5.15. The minimum absolute atomic E-state index is 0.102. The fourth-order valence-electron chi connectivity index (χ4n) is 1.80. The Morgan fingerprint density at radius 3 is 2.27 bits per heavy atom. The number of primary amides is 1. The van der Waals surface area contributed by atoms with Gasteiger partial charge in [0.15, 0.2) is 0 Å². The summed E-state index contributed by atoms with van der Waals surface area (Å²) in [5, 5.41) is 4.88. The van der Waals surface area contributed by atoms with E-state index in [1.54, 1.807) is 6.92 Å². The third-order valence-corrected chi connectivity index (χ3v) is 3.89. The van der Waals surface area contributed by atoms with Gasteiger partial charge in [0.05, 0.1) is 0 Å². The zero-order valence-electron chi connectivity index (χ0n) is 14.2. The minimum Gasteiger partial charge on any atom is -0.368 e. The molecule has 0 bridgehead atoms. The summed E-state index contributed by atoms with van der Waals surface area (Å²) >= 11 is 0. The van der Waals surface area contributed by atoms with E-state index < -0.39 is 28.4 Å². The van der Waals surface area contributed by atoms with Crippen molar-refractivity contribution in [2.75, 3.05) is 6.54 Å². The molecule has 2 unspecified atom stereocenters. The highest BCUT2D eigenvalue weighted by atomic mass is 32.3. The molecule has 2 atom stereocenters. The molecule has 9 nitrogen and oxygen atoms in total. The smallest absolute Gasteiger partial charge is 0.368 e. The van der Waals surface area contributed by atoms with Crippen LogP contribution < -0.4 is 20.6 Å². The van der Waals surface area contributed by atoms with Gasteiger partial charge in [0.1, 0.15) is 11.8 Å². The predicted octanol–water partition coefficient (Wildman–Crippen LogP) is 0.0257. The summed E-state index contributed by atoms with van der Waals surface area (Å²) in [5.74, 6) is -2.39. The van der Waals surface area contributed by atoms with E-state index in [1.165, 1.54) is 12.1 Å². The topological polar surface area (TPSA) is 145 Å². The summed E-state index contributed by atoms with van der Waals surface area (Å²) in [6.07, 6.45) is 0.576. The monoisotopic (exact) mass is 389 g/mol. The summed E-state index contributed by atoms with van der Waals surface area (Å²) in [6, 6.07) is 3.49. The lowest BCUT2D eigenvalue weighted by atomic mass is 10.1. The van der Waals surface area contributed by atoms with Crippen LogP contribution in [-0.4, -0.2) is 38.7 Å². The first kappa shape index (κ1) is 21.4. The largest absolute Gasteiger partial charge is 0.488 e. The van der Waals surface area contributed by atoms with Crippen LogP contribution in [0.5, 0.6) is 5.75 Å². The Balaban J connectivity index is 2.68. The van der Waals surface area contributed by atoms with Crippen LogP contribution in [-0.2, 0) is 20.1 Å². The van der Waals surface area contributed by atoms with E-state index in [0.29, 0.717) is 6.42 Å². The first-order chi connectivity index (χ1) is 12.0. The van der Waals surface area contributed by atoms with Crippen LogP contribution in [0.4, 0.5) is 3.89 Å². The van der Waals surface area contributed by atoms with E-state index in [0.717, 1.165) is 12.1 Å². The van der Waals surface area contributed by atoms with Crippen LogP contribution in [0.2, 0.25) is 0 Å². The molecule has 3 amide bonds. The molecule has 144 valence electrons. The molecule has 1 aromatic rings. The number of halogens is 1. The highest BCUT2D eigenvalue weighted by Crippen LogP contribution is 2.15. The van der Waals surface area contributed by atoms with Crippen molar-refractivity contribution < 1.29 is 30.9 Å². The van der Waals surface area contributed by atoms with Crippen molar-refractivity contribution >= 4 is 28.2 Å². The maximum atomic E-state index is 12.4. The van der Waals surface area contributed by atoms with Crippen molar-refractivity contribution in [1.82, 2.24) is 10.6 Å². The van der Waals surface area contributed by atoms with Crippen LogP contribution in [0.3, 0.4) is 0 Å². The molecule has 0 aliphatic carbocycles. The molecule has 26 heavy (non-hydrogen) atoms. The number of nitrogens with one attached hydrogen (secondary N) is 2. The van der Waals surface area contributed by atoms with Gasteiger partial charge in [-0.2, -0.15) is 8.42 Å². The second-order valence-corrected chi connectivity index (χ2v) is 6.44. The second kappa shape index (κ2) is 9.13. The molecule has 0 aromatic heterocycles. The third kappa shape index (κ3) is 7.05. The van der Waals surface area contributed by atoms with Gasteiger partial charge in [-0.3, -0.25) is 14.4 Å². The molecule has 0 saturated heterocycles. The van der Waals surface area contributed by atoms with Crippen molar-refractivity contribution in [3.05, 3.63) is 29.8 Å². The number of hydrogen-bond donors (Lipinski definition) is 3. The zero-order valence-corrected chi connectivity index (χ0v) is 15.0.